The summed E-state index contributed by atoms with van der Waals surface area (Å²) in [6.07, 6.45) is 0. The van der Waals surface area contributed by atoms with Gasteiger partial charge in [-0.3, -0.25) is 4.99 Å². The van der Waals surface area contributed by atoms with Crippen LogP contribution in [0.4, 0.5) is 5.69 Å². The third kappa shape index (κ3) is 2.49. The Morgan fingerprint density at radius 1 is 1.10 bits per heavy atom. The number of fused-ring (bicyclic) bond motifs is 2. The Labute approximate surface area is 124 Å². The van der Waals surface area contributed by atoms with Crippen molar-refractivity contribution in [2.24, 2.45) is 4.99 Å². The summed E-state index contributed by atoms with van der Waals surface area (Å²) < 4.78 is 6.02. The van der Waals surface area contributed by atoms with Crippen LogP contribution in [0.15, 0.2) is 45.8 Å². The molecule has 2 aliphatic rings. The van der Waals surface area contributed by atoms with E-state index in [1.807, 2.05) is 24.3 Å². The van der Waals surface area contributed by atoms with Crippen LogP contribution >= 0.6 is 0 Å². The van der Waals surface area contributed by atoms with Gasteiger partial charge in [0, 0.05) is 38.0 Å². The van der Waals surface area contributed by atoms with Crippen molar-refractivity contribution < 1.29 is 4.42 Å². The van der Waals surface area contributed by atoms with E-state index in [1.54, 1.807) is 7.05 Å². The summed E-state index contributed by atoms with van der Waals surface area (Å²) in [4.78, 5) is 11.1. The summed E-state index contributed by atoms with van der Waals surface area (Å²) >= 11 is 0. The fourth-order valence-electron chi connectivity index (χ4n) is 2.53. The topological polar surface area (TPSA) is 41.6 Å². The molecule has 0 radical (unpaired) electrons. The van der Waals surface area contributed by atoms with Crippen molar-refractivity contribution in [3.63, 3.8) is 0 Å². The van der Waals surface area contributed by atoms with Crippen molar-refractivity contribution >= 4 is 16.8 Å². The molecule has 3 rings (SSSR count). The zero-order valence-electron chi connectivity index (χ0n) is 12.6. The van der Waals surface area contributed by atoms with Crippen molar-refractivity contribution in [2.75, 3.05) is 25.0 Å². The van der Waals surface area contributed by atoms with Gasteiger partial charge in [-0.25, -0.2) is 4.98 Å². The standard InChI is InChI=1S/C17H19N3O/c1-4-20(5-2)13-7-9-15-17(11-13)21-16-10-12(18-3)6-8-14(16)19-15/h6-11H,4-5H2,1-3H3. The Kier molecular flexibility index (Phi) is 3.60. The third-order valence-corrected chi connectivity index (χ3v) is 3.73. The first-order valence-electron chi connectivity index (χ1n) is 7.27. The number of hydrogen-bond donors (Lipinski definition) is 0. The molecule has 0 spiro atoms. The van der Waals surface area contributed by atoms with E-state index in [1.165, 1.54) is 0 Å². The van der Waals surface area contributed by atoms with Crippen LogP contribution in [0.1, 0.15) is 13.8 Å². The second-order valence-corrected chi connectivity index (χ2v) is 4.91. The van der Waals surface area contributed by atoms with E-state index in [0.29, 0.717) is 0 Å². The van der Waals surface area contributed by atoms with Crippen LogP contribution in [0, 0.1) is 0 Å². The lowest BCUT2D eigenvalue weighted by atomic mass is 10.2. The third-order valence-electron chi connectivity index (χ3n) is 3.73. The highest BCUT2D eigenvalue weighted by Gasteiger charge is 2.10. The van der Waals surface area contributed by atoms with Gasteiger partial charge in [0.1, 0.15) is 11.2 Å². The van der Waals surface area contributed by atoms with Gasteiger partial charge in [-0.2, -0.15) is 0 Å². The minimum absolute atomic E-state index is 0.766. The molecule has 0 saturated carbocycles. The predicted molar refractivity (Wildman–Crippen MR) is 85.7 cm³/mol. The zero-order chi connectivity index (χ0) is 14.8. The second-order valence-electron chi connectivity index (χ2n) is 4.91. The summed E-state index contributed by atoms with van der Waals surface area (Å²) in [7, 11) is 1.77. The fraction of sp³-hybridized carbons (Fsp3) is 0.294. The molecule has 1 aliphatic carbocycles. The van der Waals surface area contributed by atoms with E-state index in [9.17, 15) is 0 Å². The van der Waals surface area contributed by atoms with Gasteiger partial charge in [0.25, 0.3) is 0 Å². The summed E-state index contributed by atoms with van der Waals surface area (Å²) in [6, 6.07) is 12.0. The lowest BCUT2D eigenvalue weighted by Crippen LogP contribution is -2.21. The molecule has 1 aromatic carbocycles. The summed E-state index contributed by atoms with van der Waals surface area (Å²) in [5.74, 6) is 0.766. The average molecular weight is 281 g/mol. The Balaban J connectivity index is 2.20. The number of anilines is 1. The average Bonchev–Trinajstić information content (AvgIpc) is 2.53. The van der Waals surface area contributed by atoms with E-state index in [4.69, 9.17) is 4.42 Å². The monoisotopic (exact) mass is 281 g/mol. The highest BCUT2D eigenvalue weighted by atomic mass is 16.3. The van der Waals surface area contributed by atoms with E-state index in [0.717, 1.165) is 46.7 Å². The Bertz CT molecular complexity index is 803. The summed E-state index contributed by atoms with van der Waals surface area (Å²) in [5.41, 5.74) is 3.69. The normalized spacial score (nSPS) is 12.2. The largest absolute Gasteiger partial charge is 0.453 e. The molecule has 1 aromatic rings. The van der Waals surface area contributed by atoms with Gasteiger partial charge >= 0.3 is 0 Å². The van der Waals surface area contributed by atoms with E-state index >= 15 is 0 Å². The van der Waals surface area contributed by atoms with E-state index < -0.39 is 0 Å². The molecule has 4 heteroatoms. The Morgan fingerprint density at radius 3 is 2.62 bits per heavy atom. The quantitative estimate of drug-likeness (QED) is 0.692. The summed E-state index contributed by atoms with van der Waals surface area (Å²) in [5, 5.41) is 0.896. The number of aromatic nitrogens is 1. The molecule has 0 N–H and O–H groups in total. The van der Waals surface area contributed by atoms with Gasteiger partial charge in [0.2, 0.25) is 0 Å². The summed E-state index contributed by atoms with van der Waals surface area (Å²) in [6.45, 7) is 6.25. The maximum atomic E-state index is 6.02. The Hall–Kier alpha value is -2.36. The van der Waals surface area contributed by atoms with Crippen LogP contribution in [0.25, 0.3) is 22.6 Å². The van der Waals surface area contributed by atoms with Gasteiger partial charge in [-0.15, -0.1) is 0 Å². The van der Waals surface area contributed by atoms with Gasteiger partial charge in [-0.05, 0) is 38.1 Å². The van der Waals surface area contributed by atoms with Crippen molar-refractivity contribution in [2.45, 2.75) is 13.8 Å². The number of hydrogen-bond acceptors (Lipinski definition) is 4. The maximum Gasteiger partial charge on any atom is 0.155 e. The molecule has 0 fully saturated rings. The molecule has 4 nitrogen and oxygen atoms in total. The van der Waals surface area contributed by atoms with Crippen LogP contribution in [0.5, 0.6) is 0 Å². The van der Waals surface area contributed by atoms with Crippen molar-refractivity contribution in [1.29, 1.82) is 0 Å². The molecule has 0 aromatic heterocycles. The highest BCUT2D eigenvalue weighted by molar-refractivity contribution is 5.80. The van der Waals surface area contributed by atoms with E-state index in [2.05, 4.69) is 40.9 Å². The van der Waals surface area contributed by atoms with Crippen LogP contribution in [0.2, 0.25) is 0 Å². The maximum absolute atomic E-state index is 6.02. The van der Waals surface area contributed by atoms with Crippen molar-refractivity contribution in [1.82, 2.24) is 4.98 Å². The molecule has 1 heterocycles. The minimum atomic E-state index is 0.766. The molecule has 108 valence electrons. The van der Waals surface area contributed by atoms with Crippen LogP contribution in [-0.4, -0.2) is 25.1 Å². The predicted octanol–water partition coefficient (Wildman–Crippen LogP) is 3.31. The zero-order valence-corrected chi connectivity index (χ0v) is 12.6. The molecule has 0 unspecified atom stereocenters. The molecule has 0 saturated heterocycles. The van der Waals surface area contributed by atoms with Crippen LogP contribution in [-0.2, 0) is 0 Å². The second kappa shape index (κ2) is 5.56. The number of nitrogens with zero attached hydrogens (tertiary/aromatic N) is 3. The fourth-order valence-corrected chi connectivity index (χ4v) is 2.53. The molecule has 1 aliphatic heterocycles. The number of benzene rings is 2. The minimum Gasteiger partial charge on any atom is -0.453 e. The lowest BCUT2D eigenvalue weighted by Gasteiger charge is -2.21. The smallest absolute Gasteiger partial charge is 0.155 e. The first-order chi connectivity index (χ1) is 10.2. The molecular weight excluding hydrogens is 262 g/mol. The van der Waals surface area contributed by atoms with Crippen LogP contribution < -0.4 is 10.3 Å². The van der Waals surface area contributed by atoms with Gasteiger partial charge in [0.05, 0.1) is 5.36 Å². The van der Waals surface area contributed by atoms with Crippen molar-refractivity contribution in [3.05, 3.63) is 41.8 Å². The van der Waals surface area contributed by atoms with Gasteiger partial charge < -0.3 is 9.32 Å². The molecule has 0 atom stereocenters. The number of rotatable bonds is 3. The SMILES string of the molecule is CCN(CC)c1ccc2nc3ccc(=NC)cc-3oc2c1. The van der Waals surface area contributed by atoms with Gasteiger partial charge in [0.15, 0.2) is 11.3 Å². The molecule has 21 heavy (non-hydrogen) atoms. The molecule has 0 bridgehead atoms. The Morgan fingerprint density at radius 2 is 1.90 bits per heavy atom. The molecule has 0 amide bonds. The van der Waals surface area contributed by atoms with Gasteiger partial charge in [-0.1, -0.05) is 0 Å². The highest BCUT2D eigenvalue weighted by Crippen LogP contribution is 2.26. The van der Waals surface area contributed by atoms with E-state index in [-0.39, 0.29) is 0 Å². The first-order valence-corrected chi connectivity index (χ1v) is 7.27. The molecular formula is C17H19N3O. The van der Waals surface area contributed by atoms with Crippen molar-refractivity contribution in [3.8, 4) is 11.5 Å². The van der Waals surface area contributed by atoms with Crippen LogP contribution in [0.3, 0.4) is 0 Å². The first kappa shape index (κ1) is 13.6. The lowest BCUT2D eigenvalue weighted by molar-refractivity contribution is 0.612.